The first-order valence-corrected chi connectivity index (χ1v) is 8.23. The van der Waals surface area contributed by atoms with Crippen molar-refractivity contribution < 1.29 is 9.00 Å². The van der Waals surface area contributed by atoms with Crippen LogP contribution in [0.3, 0.4) is 0 Å². The van der Waals surface area contributed by atoms with Crippen LogP contribution in [0.2, 0.25) is 0 Å². The monoisotopic (exact) mass is 289 g/mol. The normalized spacial score (nSPS) is 32.6. The first-order valence-electron chi connectivity index (χ1n) is 6.96. The molecule has 104 valence electrons. The Morgan fingerprint density at radius 2 is 2.05 bits per heavy atom. The number of hydrogen-bond donors (Lipinski definition) is 0. The minimum absolute atomic E-state index is 0.0137. The van der Waals surface area contributed by atoms with E-state index in [1.54, 1.807) is 29.2 Å². The van der Waals surface area contributed by atoms with Crippen molar-refractivity contribution in [3.8, 4) is 0 Å². The number of Topliss-reactive ketones (excluding diaryl/α,β-unsaturated/α-hetero) is 1. The summed E-state index contributed by atoms with van der Waals surface area (Å²) in [6.07, 6.45) is 8.60. The number of carbonyl (C=O) groups excluding carboxylic acids is 1. The van der Waals surface area contributed by atoms with Crippen LogP contribution >= 0.6 is 0 Å². The summed E-state index contributed by atoms with van der Waals surface area (Å²) >= 11 is 0. The summed E-state index contributed by atoms with van der Waals surface area (Å²) in [6, 6.07) is 1.79. The molecule has 2 saturated heterocycles. The molecule has 2 bridgehead atoms. The van der Waals surface area contributed by atoms with E-state index in [0.717, 1.165) is 25.7 Å². The highest BCUT2D eigenvalue weighted by Crippen LogP contribution is 2.40. The fourth-order valence-corrected chi connectivity index (χ4v) is 5.59. The lowest BCUT2D eigenvalue weighted by molar-refractivity contribution is 0.0907. The summed E-state index contributed by atoms with van der Waals surface area (Å²) in [5.41, 5.74) is 1.22. The van der Waals surface area contributed by atoms with E-state index >= 15 is 0 Å². The molecule has 2 fully saturated rings. The van der Waals surface area contributed by atoms with Crippen LogP contribution in [0.15, 0.2) is 24.7 Å². The second-order valence-corrected chi connectivity index (χ2v) is 7.62. The lowest BCUT2D eigenvalue weighted by Crippen LogP contribution is -2.32. The highest BCUT2D eigenvalue weighted by atomic mass is 32.2. The first-order chi connectivity index (χ1) is 9.74. The molecular weight excluding hydrogens is 274 g/mol. The van der Waals surface area contributed by atoms with E-state index in [4.69, 9.17) is 0 Å². The maximum Gasteiger partial charge on any atom is 0.171 e. The van der Waals surface area contributed by atoms with Gasteiger partial charge in [0.25, 0.3) is 0 Å². The lowest BCUT2D eigenvalue weighted by Gasteiger charge is -2.25. The Morgan fingerprint density at radius 1 is 1.30 bits per heavy atom. The third-order valence-electron chi connectivity index (χ3n) is 4.48. The highest BCUT2D eigenvalue weighted by molar-refractivity contribution is 7.86. The van der Waals surface area contributed by atoms with Crippen molar-refractivity contribution in [2.75, 3.05) is 0 Å². The van der Waals surface area contributed by atoms with Crippen molar-refractivity contribution in [2.24, 2.45) is 5.92 Å². The van der Waals surface area contributed by atoms with Gasteiger partial charge in [-0.1, -0.05) is 0 Å². The molecule has 0 amide bonds. The van der Waals surface area contributed by atoms with E-state index in [2.05, 4.69) is 10.1 Å². The van der Waals surface area contributed by atoms with Gasteiger partial charge in [0.2, 0.25) is 0 Å². The van der Waals surface area contributed by atoms with E-state index in [1.165, 1.54) is 0 Å². The summed E-state index contributed by atoms with van der Waals surface area (Å²) in [5, 5.41) is 4.62. The second kappa shape index (κ2) is 4.48. The van der Waals surface area contributed by atoms with E-state index in [9.17, 15) is 9.00 Å². The standard InChI is InChI=1S/C14H15N3O2S/c18-13(9-6-10-2-3-11(7-9)20(10)19)12-8-16-17-5-1-4-15-14(12)17/h1,4-5,8-11H,2-3,6-7H2. The van der Waals surface area contributed by atoms with Crippen molar-refractivity contribution in [1.29, 1.82) is 0 Å². The predicted octanol–water partition coefficient (Wildman–Crippen LogP) is 1.60. The van der Waals surface area contributed by atoms with E-state index < -0.39 is 10.8 Å². The second-order valence-electron chi connectivity index (χ2n) is 5.63. The van der Waals surface area contributed by atoms with E-state index in [1.807, 2.05) is 0 Å². The predicted molar refractivity (Wildman–Crippen MR) is 75.0 cm³/mol. The molecule has 2 aliphatic rings. The van der Waals surface area contributed by atoms with Crippen LogP contribution in [0, 0.1) is 5.92 Å². The average molecular weight is 289 g/mol. The van der Waals surface area contributed by atoms with Gasteiger partial charge in [0.15, 0.2) is 11.4 Å². The summed E-state index contributed by atoms with van der Waals surface area (Å²) in [5.74, 6) is 0.104. The maximum absolute atomic E-state index is 12.7. The molecular formula is C14H15N3O2S. The zero-order valence-electron chi connectivity index (χ0n) is 10.9. The van der Waals surface area contributed by atoms with Crippen LogP contribution in [-0.2, 0) is 10.8 Å². The smallest absolute Gasteiger partial charge is 0.171 e. The first kappa shape index (κ1) is 12.2. The Morgan fingerprint density at radius 3 is 2.80 bits per heavy atom. The van der Waals surface area contributed by atoms with E-state index in [-0.39, 0.29) is 22.2 Å². The minimum atomic E-state index is -0.718. The Bertz CT molecular complexity index is 695. The van der Waals surface area contributed by atoms with Gasteiger partial charge in [0.05, 0.1) is 11.8 Å². The number of rotatable bonds is 2. The van der Waals surface area contributed by atoms with Crippen LogP contribution in [0.4, 0.5) is 0 Å². The van der Waals surface area contributed by atoms with Gasteiger partial charge in [-0.05, 0) is 31.7 Å². The molecule has 4 rings (SSSR count). The number of hydrogen-bond acceptors (Lipinski definition) is 4. The molecule has 2 aliphatic heterocycles. The summed E-state index contributed by atoms with van der Waals surface area (Å²) in [6.45, 7) is 0. The molecule has 0 saturated carbocycles. The van der Waals surface area contributed by atoms with Gasteiger partial charge in [-0.3, -0.25) is 9.00 Å². The molecule has 2 atom stereocenters. The fourth-order valence-electron chi connectivity index (χ4n) is 3.47. The molecule has 0 aromatic carbocycles. The van der Waals surface area contributed by atoms with Gasteiger partial charge in [-0.15, -0.1) is 0 Å². The maximum atomic E-state index is 12.7. The number of carbonyl (C=O) groups is 1. The van der Waals surface area contributed by atoms with Crippen LogP contribution in [0.25, 0.3) is 5.65 Å². The van der Waals surface area contributed by atoms with Crippen LogP contribution in [-0.4, -0.2) is 35.1 Å². The summed E-state index contributed by atoms with van der Waals surface area (Å²) < 4.78 is 13.7. The summed E-state index contributed by atoms with van der Waals surface area (Å²) in [4.78, 5) is 17.0. The molecule has 2 aromatic heterocycles. The lowest BCUT2D eigenvalue weighted by atomic mass is 9.91. The fraction of sp³-hybridized carbons (Fsp3) is 0.500. The number of aromatic nitrogens is 3. The van der Waals surface area contributed by atoms with Gasteiger partial charge < -0.3 is 0 Å². The average Bonchev–Trinajstić information content (AvgIpc) is 2.95. The summed E-state index contributed by atoms with van der Waals surface area (Å²) in [7, 11) is -0.718. The van der Waals surface area contributed by atoms with Crippen molar-refractivity contribution in [2.45, 2.75) is 36.2 Å². The largest absolute Gasteiger partial charge is 0.294 e. The number of ketones is 1. The van der Waals surface area contributed by atoms with Gasteiger partial charge in [-0.2, -0.15) is 5.10 Å². The Balaban J connectivity index is 1.66. The molecule has 5 nitrogen and oxygen atoms in total. The van der Waals surface area contributed by atoms with Crippen molar-refractivity contribution >= 4 is 22.2 Å². The van der Waals surface area contributed by atoms with Crippen molar-refractivity contribution in [1.82, 2.24) is 14.6 Å². The molecule has 0 aliphatic carbocycles. The van der Waals surface area contributed by atoms with Gasteiger partial charge in [-0.25, -0.2) is 9.50 Å². The van der Waals surface area contributed by atoms with E-state index in [0.29, 0.717) is 11.2 Å². The molecule has 0 radical (unpaired) electrons. The Labute approximate surface area is 118 Å². The molecule has 0 spiro atoms. The van der Waals surface area contributed by atoms with Gasteiger partial charge in [0.1, 0.15) is 0 Å². The van der Waals surface area contributed by atoms with Crippen LogP contribution < -0.4 is 0 Å². The van der Waals surface area contributed by atoms with Crippen LogP contribution in [0.5, 0.6) is 0 Å². The van der Waals surface area contributed by atoms with Crippen molar-refractivity contribution in [3.63, 3.8) is 0 Å². The third kappa shape index (κ3) is 1.74. The van der Waals surface area contributed by atoms with Gasteiger partial charge >= 0.3 is 0 Å². The Kier molecular flexibility index (Phi) is 2.73. The number of fused-ring (bicyclic) bond motifs is 3. The van der Waals surface area contributed by atoms with Crippen LogP contribution in [0.1, 0.15) is 36.0 Å². The number of nitrogens with zero attached hydrogens (tertiary/aromatic N) is 3. The SMILES string of the molecule is O=C(c1cnn2cccnc12)C1CC2CCC(C1)S2=O. The quantitative estimate of drug-likeness (QED) is 0.788. The Hall–Kier alpha value is -1.56. The van der Waals surface area contributed by atoms with Crippen molar-refractivity contribution in [3.05, 3.63) is 30.2 Å². The molecule has 2 unspecified atom stereocenters. The molecule has 0 N–H and O–H groups in total. The highest BCUT2D eigenvalue weighted by Gasteiger charge is 2.43. The zero-order valence-corrected chi connectivity index (χ0v) is 11.8. The zero-order chi connectivity index (χ0) is 13.7. The minimum Gasteiger partial charge on any atom is -0.294 e. The molecule has 6 heteroatoms. The topological polar surface area (TPSA) is 64.3 Å². The molecule has 20 heavy (non-hydrogen) atoms. The molecule has 2 aromatic rings. The third-order valence-corrected chi connectivity index (χ3v) is 6.65. The van der Waals surface area contributed by atoms with Gasteiger partial charge in [0, 0.05) is 39.6 Å². The molecule has 4 heterocycles.